The minimum atomic E-state index is -0.000244. The van der Waals surface area contributed by atoms with Gasteiger partial charge in [-0.3, -0.25) is 4.79 Å². The second-order valence-electron chi connectivity index (χ2n) is 5.87. The molecule has 0 aliphatic rings. The highest BCUT2D eigenvalue weighted by molar-refractivity contribution is 5.82. The molecule has 0 amide bonds. The molecule has 0 spiro atoms. The largest absolute Gasteiger partial charge is 0.456 e. The van der Waals surface area contributed by atoms with Gasteiger partial charge in [-0.05, 0) is 55.3 Å². The first-order valence-corrected chi connectivity index (χ1v) is 7.28. The van der Waals surface area contributed by atoms with Gasteiger partial charge in [-0.1, -0.05) is 6.07 Å². The van der Waals surface area contributed by atoms with Crippen molar-refractivity contribution in [1.82, 2.24) is 0 Å². The lowest BCUT2D eigenvalue weighted by molar-refractivity contribution is 0.616. The Bertz CT molecular complexity index is 890. The fourth-order valence-electron chi connectivity index (χ4n) is 2.68. The molecule has 112 valence electrons. The van der Waals surface area contributed by atoms with Gasteiger partial charge in [0, 0.05) is 31.4 Å². The molecule has 1 aromatic heterocycles. The fraction of sp³-hybridized carbons (Fsp3) is 0.211. The summed E-state index contributed by atoms with van der Waals surface area (Å²) in [6.07, 6.45) is 0. The van der Waals surface area contributed by atoms with E-state index in [1.807, 2.05) is 69.2 Å². The molecule has 0 bridgehead atoms. The lowest BCUT2D eigenvalue weighted by Gasteiger charge is -2.12. The number of benzene rings is 2. The number of nitrogens with zero attached hydrogens (tertiary/aromatic N) is 1. The van der Waals surface area contributed by atoms with Crippen LogP contribution >= 0.6 is 0 Å². The van der Waals surface area contributed by atoms with Gasteiger partial charge in [-0.2, -0.15) is 0 Å². The first-order valence-electron chi connectivity index (χ1n) is 7.28. The highest BCUT2D eigenvalue weighted by Gasteiger charge is 2.10. The van der Waals surface area contributed by atoms with E-state index in [4.69, 9.17) is 4.42 Å². The molecule has 0 atom stereocenters. The van der Waals surface area contributed by atoms with Crippen LogP contribution in [0.3, 0.4) is 0 Å². The van der Waals surface area contributed by atoms with Gasteiger partial charge < -0.3 is 9.32 Å². The van der Waals surface area contributed by atoms with Crippen molar-refractivity contribution in [3.63, 3.8) is 0 Å². The highest BCUT2D eigenvalue weighted by atomic mass is 16.3. The molecular formula is C19H19NO2. The van der Waals surface area contributed by atoms with Gasteiger partial charge in [0.2, 0.25) is 0 Å². The Morgan fingerprint density at radius 3 is 2.27 bits per heavy atom. The van der Waals surface area contributed by atoms with Crippen molar-refractivity contribution >= 4 is 16.7 Å². The molecule has 0 saturated carbocycles. The van der Waals surface area contributed by atoms with E-state index in [2.05, 4.69) is 0 Å². The second kappa shape index (κ2) is 5.34. The number of hydrogen-bond donors (Lipinski definition) is 0. The van der Waals surface area contributed by atoms with E-state index in [0.717, 1.165) is 22.4 Å². The van der Waals surface area contributed by atoms with Gasteiger partial charge >= 0.3 is 0 Å². The predicted molar refractivity (Wildman–Crippen MR) is 91.7 cm³/mol. The summed E-state index contributed by atoms with van der Waals surface area (Å²) in [5, 5.41) is 0.645. The van der Waals surface area contributed by atoms with Crippen molar-refractivity contribution in [1.29, 1.82) is 0 Å². The summed E-state index contributed by atoms with van der Waals surface area (Å²) in [5.41, 5.74) is 4.74. The standard InChI is InChI=1S/C19H19NO2/c1-12-9-13(2)19-16(10-12)17(21)11-18(22-19)14-5-7-15(8-6-14)20(3)4/h5-11H,1-4H3. The lowest BCUT2D eigenvalue weighted by atomic mass is 10.1. The molecule has 0 fully saturated rings. The number of fused-ring (bicyclic) bond motifs is 1. The molecule has 3 heteroatoms. The van der Waals surface area contributed by atoms with Crippen LogP contribution in [0.1, 0.15) is 11.1 Å². The zero-order valence-electron chi connectivity index (χ0n) is 13.3. The summed E-state index contributed by atoms with van der Waals surface area (Å²) in [5.74, 6) is 0.606. The SMILES string of the molecule is Cc1cc(C)c2oc(-c3ccc(N(C)C)cc3)cc(=O)c2c1. The van der Waals surface area contributed by atoms with Crippen LogP contribution in [0, 0.1) is 13.8 Å². The number of aryl methyl sites for hydroxylation is 2. The van der Waals surface area contributed by atoms with Gasteiger partial charge in [-0.25, -0.2) is 0 Å². The molecule has 0 aliphatic heterocycles. The Morgan fingerprint density at radius 2 is 1.64 bits per heavy atom. The highest BCUT2D eigenvalue weighted by Crippen LogP contribution is 2.26. The molecule has 0 aliphatic carbocycles. The predicted octanol–water partition coefficient (Wildman–Crippen LogP) is 4.14. The Balaban J connectivity index is 2.18. The van der Waals surface area contributed by atoms with Crippen LogP contribution in [0.15, 0.2) is 51.7 Å². The van der Waals surface area contributed by atoms with Crippen LogP contribution in [-0.4, -0.2) is 14.1 Å². The van der Waals surface area contributed by atoms with Gasteiger partial charge in [0.05, 0.1) is 5.39 Å². The van der Waals surface area contributed by atoms with Gasteiger partial charge in [0.1, 0.15) is 11.3 Å². The normalized spacial score (nSPS) is 10.9. The third-order valence-corrected chi connectivity index (χ3v) is 3.83. The summed E-state index contributed by atoms with van der Waals surface area (Å²) in [6, 6.07) is 13.5. The molecule has 0 unspecified atom stereocenters. The average molecular weight is 293 g/mol. The molecule has 1 heterocycles. The van der Waals surface area contributed by atoms with E-state index in [1.54, 1.807) is 6.07 Å². The van der Waals surface area contributed by atoms with E-state index >= 15 is 0 Å². The second-order valence-corrected chi connectivity index (χ2v) is 5.87. The molecule has 0 N–H and O–H groups in total. The van der Waals surface area contributed by atoms with Gasteiger partial charge in [0.25, 0.3) is 0 Å². The summed E-state index contributed by atoms with van der Waals surface area (Å²) in [7, 11) is 3.99. The molecule has 0 saturated heterocycles. The summed E-state index contributed by atoms with van der Waals surface area (Å²) in [6.45, 7) is 3.96. The third kappa shape index (κ3) is 2.50. The smallest absolute Gasteiger partial charge is 0.193 e. The van der Waals surface area contributed by atoms with E-state index in [1.165, 1.54) is 0 Å². The van der Waals surface area contributed by atoms with Crippen LogP contribution in [0.25, 0.3) is 22.3 Å². The zero-order chi connectivity index (χ0) is 15.9. The zero-order valence-corrected chi connectivity index (χ0v) is 13.3. The maximum absolute atomic E-state index is 12.4. The molecular weight excluding hydrogens is 274 g/mol. The topological polar surface area (TPSA) is 33.5 Å². The molecule has 3 nitrogen and oxygen atoms in total. The van der Waals surface area contributed by atoms with Crippen LogP contribution < -0.4 is 10.3 Å². The summed E-state index contributed by atoms with van der Waals surface area (Å²) >= 11 is 0. The first kappa shape index (κ1) is 14.4. The maximum atomic E-state index is 12.4. The number of hydrogen-bond acceptors (Lipinski definition) is 3. The van der Waals surface area contributed by atoms with Crippen LogP contribution in [0.4, 0.5) is 5.69 Å². The van der Waals surface area contributed by atoms with Gasteiger partial charge in [-0.15, -0.1) is 0 Å². The van der Waals surface area contributed by atoms with Gasteiger partial charge in [0.15, 0.2) is 5.43 Å². The molecule has 3 aromatic rings. The van der Waals surface area contributed by atoms with Crippen molar-refractivity contribution in [3.8, 4) is 11.3 Å². The third-order valence-electron chi connectivity index (χ3n) is 3.83. The Morgan fingerprint density at radius 1 is 0.955 bits per heavy atom. The Kier molecular flexibility index (Phi) is 3.49. The number of rotatable bonds is 2. The lowest BCUT2D eigenvalue weighted by Crippen LogP contribution is -2.08. The Labute approximate surface area is 129 Å². The van der Waals surface area contributed by atoms with Crippen molar-refractivity contribution in [2.45, 2.75) is 13.8 Å². The maximum Gasteiger partial charge on any atom is 0.193 e. The molecule has 2 aromatic carbocycles. The summed E-state index contributed by atoms with van der Waals surface area (Å²) in [4.78, 5) is 14.4. The first-order chi connectivity index (χ1) is 10.5. The number of anilines is 1. The van der Waals surface area contributed by atoms with E-state index < -0.39 is 0 Å². The molecule has 0 radical (unpaired) electrons. The van der Waals surface area contributed by atoms with Crippen LogP contribution in [0.5, 0.6) is 0 Å². The van der Waals surface area contributed by atoms with Crippen molar-refractivity contribution < 1.29 is 4.42 Å². The monoisotopic (exact) mass is 293 g/mol. The fourth-order valence-corrected chi connectivity index (χ4v) is 2.68. The van der Waals surface area contributed by atoms with Crippen LogP contribution in [-0.2, 0) is 0 Å². The van der Waals surface area contributed by atoms with Crippen molar-refractivity contribution in [2.24, 2.45) is 0 Å². The Hall–Kier alpha value is -2.55. The minimum Gasteiger partial charge on any atom is -0.456 e. The molecule has 3 rings (SSSR count). The van der Waals surface area contributed by atoms with E-state index in [0.29, 0.717) is 16.7 Å². The van der Waals surface area contributed by atoms with E-state index in [9.17, 15) is 4.79 Å². The van der Waals surface area contributed by atoms with E-state index in [-0.39, 0.29) is 5.43 Å². The molecule has 22 heavy (non-hydrogen) atoms. The summed E-state index contributed by atoms with van der Waals surface area (Å²) < 4.78 is 6.00. The minimum absolute atomic E-state index is 0.000244. The quantitative estimate of drug-likeness (QED) is 0.712. The average Bonchev–Trinajstić information content (AvgIpc) is 2.48. The van der Waals surface area contributed by atoms with Crippen LogP contribution in [0.2, 0.25) is 0 Å². The van der Waals surface area contributed by atoms with Crippen molar-refractivity contribution in [3.05, 3.63) is 63.8 Å². The van der Waals surface area contributed by atoms with Crippen molar-refractivity contribution in [2.75, 3.05) is 19.0 Å².